The number of carbonyl (C=O) groups is 1. The van der Waals surface area contributed by atoms with Crippen LogP contribution >= 0.6 is 0 Å². The van der Waals surface area contributed by atoms with E-state index in [4.69, 9.17) is 0 Å². The molecule has 1 N–H and O–H groups in total. The Morgan fingerprint density at radius 2 is 1.89 bits per heavy atom. The topological polar surface area (TPSA) is 32.3 Å². The predicted octanol–water partition coefficient (Wildman–Crippen LogP) is 2.59. The van der Waals surface area contributed by atoms with Crippen molar-refractivity contribution in [1.29, 1.82) is 0 Å². The molecule has 3 heteroatoms. The van der Waals surface area contributed by atoms with Gasteiger partial charge >= 0.3 is 0 Å². The van der Waals surface area contributed by atoms with Crippen molar-refractivity contribution >= 4 is 5.91 Å². The van der Waals surface area contributed by atoms with E-state index in [0.29, 0.717) is 6.04 Å². The predicted molar refractivity (Wildman–Crippen MR) is 77.8 cm³/mol. The third-order valence-corrected chi connectivity index (χ3v) is 3.59. The normalized spacial score (nSPS) is 24.3. The van der Waals surface area contributed by atoms with Crippen LogP contribution in [0.4, 0.5) is 0 Å². The number of rotatable bonds is 1. The van der Waals surface area contributed by atoms with Gasteiger partial charge in [0.2, 0.25) is 5.91 Å². The van der Waals surface area contributed by atoms with E-state index in [2.05, 4.69) is 24.4 Å². The molecule has 1 saturated heterocycles. The van der Waals surface area contributed by atoms with Crippen LogP contribution in [-0.2, 0) is 4.79 Å². The van der Waals surface area contributed by atoms with Crippen LogP contribution in [0.15, 0.2) is 30.3 Å². The SMILES string of the molecule is CC1CN(C(=O)C(C)(C)C)C(c2ccccc2)CN1. The molecule has 0 radical (unpaired) electrons. The molecule has 2 unspecified atom stereocenters. The van der Waals surface area contributed by atoms with E-state index in [-0.39, 0.29) is 17.4 Å². The number of nitrogens with one attached hydrogen (secondary N) is 1. The minimum atomic E-state index is -0.329. The Labute approximate surface area is 116 Å². The van der Waals surface area contributed by atoms with Crippen molar-refractivity contribution in [2.75, 3.05) is 13.1 Å². The molecule has 3 nitrogen and oxygen atoms in total. The molecule has 1 aliphatic rings. The lowest BCUT2D eigenvalue weighted by molar-refractivity contribution is -0.143. The first-order valence-corrected chi connectivity index (χ1v) is 6.99. The van der Waals surface area contributed by atoms with E-state index in [1.54, 1.807) is 0 Å². The van der Waals surface area contributed by atoms with Gasteiger partial charge < -0.3 is 10.2 Å². The van der Waals surface area contributed by atoms with E-state index >= 15 is 0 Å². The molecule has 0 bridgehead atoms. The second-order valence-corrected chi connectivity index (χ2v) is 6.44. The summed E-state index contributed by atoms with van der Waals surface area (Å²) < 4.78 is 0. The molecule has 104 valence electrons. The van der Waals surface area contributed by atoms with E-state index in [0.717, 1.165) is 13.1 Å². The maximum absolute atomic E-state index is 12.6. The van der Waals surface area contributed by atoms with Gasteiger partial charge in [-0.25, -0.2) is 0 Å². The lowest BCUT2D eigenvalue weighted by Gasteiger charge is -2.42. The summed E-state index contributed by atoms with van der Waals surface area (Å²) in [5, 5.41) is 3.47. The van der Waals surface area contributed by atoms with Crippen LogP contribution in [0.3, 0.4) is 0 Å². The Bertz CT molecular complexity index is 436. The average Bonchev–Trinajstić information content (AvgIpc) is 2.37. The Kier molecular flexibility index (Phi) is 3.95. The Morgan fingerprint density at radius 1 is 1.26 bits per heavy atom. The van der Waals surface area contributed by atoms with E-state index < -0.39 is 0 Å². The van der Waals surface area contributed by atoms with Crippen LogP contribution in [0, 0.1) is 5.41 Å². The van der Waals surface area contributed by atoms with E-state index in [1.807, 2.05) is 43.9 Å². The van der Waals surface area contributed by atoms with Crippen molar-refractivity contribution in [3.05, 3.63) is 35.9 Å². The molecule has 0 saturated carbocycles. The highest BCUT2D eigenvalue weighted by atomic mass is 16.2. The summed E-state index contributed by atoms with van der Waals surface area (Å²) >= 11 is 0. The molecule has 0 aromatic heterocycles. The van der Waals surface area contributed by atoms with Crippen LogP contribution in [0.25, 0.3) is 0 Å². The van der Waals surface area contributed by atoms with Gasteiger partial charge in [-0.3, -0.25) is 4.79 Å². The number of hydrogen-bond donors (Lipinski definition) is 1. The zero-order valence-electron chi connectivity index (χ0n) is 12.3. The van der Waals surface area contributed by atoms with E-state index in [1.165, 1.54) is 5.56 Å². The molecule has 2 rings (SSSR count). The molecule has 1 aromatic carbocycles. The minimum absolute atomic E-state index is 0.143. The maximum Gasteiger partial charge on any atom is 0.228 e. The highest BCUT2D eigenvalue weighted by Crippen LogP contribution is 2.28. The maximum atomic E-state index is 12.6. The third-order valence-electron chi connectivity index (χ3n) is 3.59. The molecule has 1 amide bonds. The van der Waals surface area contributed by atoms with Crippen molar-refractivity contribution < 1.29 is 4.79 Å². The number of amides is 1. The van der Waals surface area contributed by atoms with Gasteiger partial charge in [-0.05, 0) is 12.5 Å². The molecule has 0 aliphatic carbocycles. The van der Waals surface area contributed by atoms with Crippen molar-refractivity contribution in [2.45, 2.75) is 39.8 Å². The fourth-order valence-electron chi connectivity index (χ4n) is 2.54. The van der Waals surface area contributed by atoms with Crippen molar-refractivity contribution in [3.63, 3.8) is 0 Å². The summed E-state index contributed by atoms with van der Waals surface area (Å²) in [5.41, 5.74) is 0.879. The molecule has 2 atom stereocenters. The van der Waals surface area contributed by atoms with Crippen molar-refractivity contribution in [2.24, 2.45) is 5.41 Å². The summed E-state index contributed by atoms with van der Waals surface area (Å²) in [4.78, 5) is 14.7. The second kappa shape index (κ2) is 5.33. The first-order valence-electron chi connectivity index (χ1n) is 6.99. The fraction of sp³-hybridized carbons (Fsp3) is 0.562. The van der Waals surface area contributed by atoms with E-state index in [9.17, 15) is 4.79 Å². The van der Waals surface area contributed by atoms with Gasteiger partial charge in [0.05, 0.1) is 6.04 Å². The third kappa shape index (κ3) is 3.16. The minimum Gasteiger partial charge on any atom is -0.332 e. The van der Waals surface area contributed by atoms with Crippen LogP contribution < -0.4 is 5.32 Å². The quantitative estimate of drug-likeness (QED) is 0.842. The van der Waals surface area contributed by atoms with Gasteiger partial charge in [-0.2, -0.15) is 0 Å². The van der Waals surface area contributed by atoms with Gasteiger partial charge in [0, 0.05) is 24.5 Å². The zero-order chi connectivity index (χ0) is 14.0. The highest BCUT2D eigenvalue weighted by Gasteiger charge is 2.35. The summed E-state index contributed by atoms with van der Waals surface area (Å²) in [7, 11) is 0. The summed E-state index contributed by atoms with van der Waals surface area (Å²) in [6, 6.07) is 10.8. The first-order chi connectivity index (χ1) is 8.89. The van der Waals surface area contributed by atoms with Crippen LogP contribution in [0.5, 0.6) is 0 Å². The van der Waals surface area contributed by atoms with Gasteiger partial charge in [0.1, 0.15) is 0 Å². The van der Waals surface area contributed by atoms with Gasteiger partial charge in [0.25, 0.3) is 0 Å². The summed E-state index contributed by atoms with van der Waals surface area (Å²) in [6.45, 7) is 9.70. The second-order valence-electron chi connectivity index (χ2n) is 6.44. The van der Waals surface area contributed by atoms with Crippen molar-refractivity contribution in [1.82, 2.24) is 10.2 Å². The van der Waals surface area contributed by atoms with Crippen molar-refractivity contribution in [3.8, 4) is 0 Å². The molecule has 0 spiro atoms. The number of piperazine rings is 1. The number of benzene rings is 1. The average molecular weight is 260 g/mol. The largest absolute Gasteiger partial charge is 0.332 e. The Hall–Kier alpha value is -1.35. The lowest BCUT2D eigenvalue weighted by Crippen LogP contribution is -2.55. The summed E-state index contributed by atoms with van der Waals surface area (Å²) in [5.74, 6) is 0.231. The van der Waals surface area contributed by atoms with Crippen LogP contribution in [-0.4, -0.2) is 29.9 Å². The van der Waals surface area contributed by atoms with Crippen LogP contribution in [0.2, 0.25) is 0 Å². The van der Waals surface area contributed by atoms with Gasteiger partial charge in [0.15, 0.2) is 0 Å². The molecule has 1 aromatic rings. The molecule has 19 heavy (non-hydrogen) atoms. The fourth-order valence-corrected chi connectivity index (χ4v) is 2.54. The first kappa shape index (κ1) is 14.1. The summed E-state index contributed by atoms with van der Waals surface area (Å²) in [6.07, 6.45) is 0. The number of hydrogen-bond acceptors (Lipinski definition) is 2. The number of carbonyl (C=O) groups excluding carboxylic acids is 1. The zero-order valence-corrected chi connectivity index (χ0v) is 12.3. The lowest BCUT2D eigenvalue weighted by atomic mass is 9.91. The Morgan fingerprint density at radius 3 is 2.47 bits per heavy atom. The monoisotopic (exact) mass is 260 g/mol. The molecular formula is C16H24N2O. The standard InChI is InChI=1S/C16H24N2O/c1-12-11-18(15(19)16(2,3)4)14(10-17-12)13-8-6-5-7-9-13/h5-9,12,14,17H,10-11H2,1-4H3. The highest BCUT2D eigenvalue weighted by molar-refractivity contribution is 5.82. The smallest absolute Gasteiger partial charge is 0.228 e. The molecule has 1 fully saturated rings. The van der Waals surface area contributed by atoms with Gasteiger partial charge in [-0.1, -0.05) is 51.1 Å². The molecular weight excluding hydrogens is 236 g/mol. The molecule has 1 aliphatic heterocycles. The molecule has 1 heterocycles. The van der Waals surface area contributed by atoms with Crippen LogP contribution in [0.1, 0.15) is 39.3 Å². The number of nitrogens with zero attached hydrogens (tertiary/aromatic N) is 1. The Balaban J connectivity index is 2.28. The van der Waals surface area contributed by atoms with Gasteiger partial charge in [-0.15, -0.1) is 0 Å².